The van der Waals surface area contributed by atoms with E-state index in [-0.39, 0.29) is 35.5 Å². The summed E-state index contributed by atoms with van der Waals surface area (Å²) in [4.78, 5) is 28.1. The minimum atomic E-state index is -0.448. The van der Waals surface area contributed by atoms with Crippen molar-refractivity contribution in [3.05, 3.63) is 71.5 Å². The molecule has 0 bridgehead atoms. The van der Waals surface area contributed by atoms with Crippen LogP contribution >= 0.6 is 0 Å². The molecule has 1 aliphatic heterocycles. The molecule has 1 aliphatic carbocycles. The Morgan fingerprint density at radius 2 is 1.79 bits per heavy atom. The van der Waals surface area contributed by atoms with Crippen molar-refractivity contribution in [2.45, 2.75) is 44.7 Å². The molecule has 0 aromatic heterocycles. The zero-order valence-corrected chi connectivity index (χ0v) is 16.8. The summed E-state index contributed by atoms with van der Waals surface area (Å²) in [6, 6.07) is 15.5. The predicted octanol–water partition coefficient (Wildman–Crippen LogP) is 4.04. The molecule has 2 fully saturated rings. The summed E-state index contributed by atoms with van der Waals surface area (Å²) < 4.78 is 13.3. The van der Waals surface area contributed by atoms with E-state index in [1.54, 1.807) is 17.0 Å². The summed E-state index contributed by atoms with van der Waals surface area (Å²) in [5, 5.41) is 3.04. The number of rotatable bonds is 5. The summed E-state index contributed by atoms with van der Waals surface area (Å²) in [5.74, 6) is 0.0956. The smallest absolute Gasteiger partial charge is 0.243 e. The van der Waals surface area contributed by atoms with Gasteiger partial charge in [-0.1, -0.05) is 56.3 Å². The lowest BCUT2D eigenvalue weighted by Crippen LogP contribution is -2.59. The number of nitrogens with one attached hydrogen (secondary N) is 1. The van der Waals surface area contributed by atoms with Crippen LogP contribution in [-0.2, 0) is 9.59 Å². The summed E-state index contributed by atoms with van der Waals surface area (Å²) in [6.45, 7) is 4.55. The second kappa shape index (κ2) is 7.97. The van der Waals surface area contributed by atoms with Crippen LogP contribution in [-0.4, -0.2) is 29.3 Å². The highest BCUT2D eigenvalue weighted by Gasteiger charge is 2.49. The number of halogens is 1. The summed E-state index contributed by atoms with van der Waals surface area (Å²) >= 11 is 0. The van der Waals surface area contributed by atoms with Gasteiger partial charge in [-0.05, 0) is 47.9 Å². The van der Waals surface area contributed by atoms with E-state index in [1.807, 2.05) is 18.2 Å². The first kappa shape index (κ1) is 19.6. The molecule has 1 N–H and O–H groups in total. The maximum absolute atomic E-state index is 13.4. The Bertz CT molecular complexity index is 882. The van der Waals surface area contributed by atoms with Crippen molar-refractivity contribution in [1.82, 2.24) is 10.2 Å². The van der Waals surface area contributed by atoms with Crippen LogP contribution in [0.25, 0.3) is 0 Å². The van der Waals surface area contributed by atoms with E-state index in [0.29, 0.717) is 18.9 Å². The molecule has 0 radical (unpaired) electrons. The first-order chi connectivity index (χ1) is 13.9. The molecule has 29 heavy (non-hydrogen) atoms. The first-order valence-corrected chi connectivity index (χ1v) is 10.3. The van der Waals surface area contributed by atoms with Crippen molar-refractivity contribution in [1.29, 1.82) is 0 Å². The summed E-state index contributed by atoms with van der Waals surface area (Å²) in [6.07, 6.45) is 1.47. The molecule has 1 saturated heterocycles. The van der Waals surface area contributed by atoms with Gasteiger partial charge >= 0.3 is 0 Å². The number of amides is 2. The monoisotopic (exact) mass is 394 g/mol. The van der Waals surface area contributed by atoms with E-state index in [1.165, 1.54) is 17.7 Å². The fraction of sp³-hybridized carbons (Fsp3) is 0.417. The lowest BCUT2D eigenvalue weighted by molar-refractivity contribution is -0.146. The van der Waals surface area contributed by atoms with Crippen LogP contribution in [0.1, 0.15) is 49.8 Å². The largest absolute Gasteiger partial charge is 0.346 e. The van der Waals surface area contributed by atoms with Gasteiger partial charge in [0.1, 0.15) is 11.9 Å². The topological polar surface area (TPSA) is 49.4 Å². The lowest BCUT2D eigenvalue weighted by atomic mass is 9.95. The number of hydrogen-bond acceptors (Lipinski definition) is 2. The Morgan fingerprint density at radius 3 is 2.45 bits per heavy atom. The van der Waals surface area contributed by atoms with E-state index in [9.17, 15) is 14.0 Å². The Hall–Kier alpha value is -2.69. The molecule has 4 nitrogen and oxygen atoms in total. The molecule has 2 aromatic rings. The van der Waals surface area contributed by atoms with Gasteiger partial charge in [-0.3, -0.25) is 9.59 Å². The maximum atomic E-state index is 13.4. The molecular weight excluding hydrogens is 367 g/mol. The number of hydrogen-bond donors (Lipinski definition) is 1. The number of piperazine rings is 1. The van der Waals surface area contributed by atoms with Crippen molar-refractivity contribution < 1.29 is 14.0 Å². The van der Waals surface area contributed by atoms with Crippen molar-refractivity contribution in [3.63, 3.8) is 0 Å². The fourth-order valence-electron chi connectivity index (χ4n) is 4.34. The molecule has 2 aliphatic rings. The molecule has 1 saturated carbocycles. The molecule has 2 aromatic carbocycles. The van der Waals surface area contributed by atoms with Crippen LogP contribution in [0.2, 0.25) is 0 Å². The van der Waals surface area contributed by atoms with Gasteiger partial charge in [0, 0.05) is 12.5 Å². The van der Waals surface area contributed by atoms with E-state index >= 15 is 0 Å². The van der Waals surface area contributed by atoms with Crippen LogP contribution in [0, 0.1) is 17.7 Å². The van der Waals surface area contributed by atoms with E-state index < -0.39 is 6.04 Å². The summed E-state index contributed by atoms with van der Waals surface area (Å²) in [7, 11) is 0. The molecule has 2 amide bonds. The van der Waals surface area contributed by atoms with Gasteiger partial charge in [-0.25, -0.2) is 4.39 Å². The van der Waals surface area contributed by atoms with Crippen LogP contribution in [0.3, 0.4) is 0 Å². The molecule has 1 heterocycles. The van der Waals surface area contributed by atoms with Crippen molar-refractivity contribution >= 4 is 11.8 Å². The quantitative estimate of drug-likeness (QED) is 0.832. The minimum Gasteiger partial charge on any atom is -0.346 e. The van der Waals surface area contributed by atoms with Gasteiger partial charge in [0.15, 0.2) is 0 Å². The molecule has 152 valence electrons. The fourth-order valence-corrected chi connectivity index (χ4v) is 4.34. The second-order valence-electron chi connectivity index (χ2n) is 8.61. The molecule has 5 heteroatoms. The third-order valence-corrected chi connectivity index (χ3v) is 5.96. The van der Waals surface area contributed by atoms with Gasteiger partial charge in [-0.2, -0.15) is 0 Å². The molecular formula is C24H27FN2O2. The zero-order valence-electron chi connectivity index (χ0n) is 16.8. The Labute approximate surface area is 171 Å². The Morgan fingerprint density at radius 1 is 1.10 bits per heavy atom. The highest BCUT2D eigenvalue weighted by Crippen LogP contribution is 2.49. The minimum absolute atomic E-state index is 0.0615. The Balaban J connectivity index is 1.55. The number of carbonyl (C=O) groups excluding carboxylic acids is 2. The van der Waals surface area contributed by atoms with Gasteiger partial charge in [-0.15, -0.1) is 0 Å². The number of carbonyl (C=O) groups is 2. The predicted molar refractivity (Wildman–Crippen MR) is 110 cm³/mol. The summed E-state index contributed by atoms with van der Waals surface area (Å²) in [5.41, 5.74) is 2.00. The highest BCUT2D eigenvalue weighted by molar-refractivity contribution is 5.91. The van der Waals surface area contributed by atoms with Gasteiger partial charge in [0.05, 0.1) is 6.04 Å². The average Bonchev–Trinajstić information content (AvgIpc) is 3.51. The van der Waals surface area contributed by atoms with E-state index in [4.69, 9.17) is 0 Å². The first-order valence-electron chi connectivity index (χ1n) is 10.3. The third kappa shape index (κ3) is 4.19. The normalized spacial score (nSPS) is 26.3. The van der Waals surface area contributed by atoms with Crippen molar-refractivity contribution in [3.8, 4) is 0 Å². The van der Waals surface area contributed by atoms with Crippen LogP contribution in [0.15, 0.2) is 54.6 Å². The third-order valence-electron chi connectivity index (χ3n) is 5.96. The number of nitrogens with zero attached hydrogens (tertiary/aromatic N) is 1. The lowest BCUT2D eigenvalue weighted by Gasteiger charge is -2.40. The van der Waals surface area contributed by atoms with Crippen LogP contribution < -0.4 is 5.32 Å². The van der Waals surface area contributed by atoms with Crippen LogP contribution in [0.5, 0.6) is 0 Å². The van der Waals surface area contributed by atoms with Crippen LogP contribution in [0.4, 0.5) is 4.39 Å². The average molecular weight is 394 g/mol. The molecule has 4 atom stereocenters. The van der Waals surface area contributed by atoms with Gasteiger partial charge in [0.25, 0.3) is 0 Å². The standard InChI is InChI=1S/C24H27FN2O2/c1-15(2)12-22-23(28)26-21(17-8-10-18(25)11-9-17)14-27(22)24(29)20-13-19(20)16-6-4-3-5-7-16/h3-11,15,19-22H,12-14H2,1-2H3,(H,26,28). The maximum Gasteiger partial charge on any atom is 0.243 e. The number of benzene rings is 2. The SMILES string of the molecule is CC(C)CC1C(=O)NC(c2ccc(F)cc2)CN1C(=O)C1CC1c1ccccc1. The van der Waals surface area contributed by atoms with Crippen molar-refractivity contribution in [2.24, 2.45) is 11.8 Å². The Kier molecular flexibility index (Phi) is 5.39. The van der Waals surface area contributed by atoms with Gasteiger partial charge in [0.2, 0.25) is 11.8 Å². The van der Waals surface area contributed by atoms with E-state index in [0.717, 1.165) is 12.0 Å². The van der Waals surface area contributed by atoms with E-state index in [2.05, 4.69) is 31.3 Å². The van der Waals surface area contributed by atoms with Crippen molar-refractivity contribution in [2.75, 3.05) is 6.54 Å². The highest BCUT2D eigenvalue weighted by atomic mass is 19.1. The molecule has 0 spiro atoms. The zero-order chi connectivity index (χ0) is 20.5. The molecule has 4 rings (SSSR count). The second-order valence-corrected chi connectivity index (χ2v) is 8.61. The molecule has 4 unspecified atom stereocenters. The van der Waals surface area contributed by atoms with Gasteiger partial charge < -0.3 is 10.2 Å².